The normalized spacial score (nSPS) is 11.1. The molecular formula is C16H14NOS. The van der Waals surface area contributed by atoms with Gasteiger partial charge in [0.05, 0.1) is 5.56 Å². The number of aryl methyl sites for hydroxylation is 1. The second-order valence-electron chi connectivity index (χ2n) is 4.49. The summed E-state index contributed by atoms with van der Waals surface area (Å²) in [5.41, 5.74) is 3.81. The Morgan fingerprint density at radius 3 is 2.63 bits per heavy atom. The summed E-state index contributed by atoms with van der Waals surface area (Å²) < 4.78 is 1.79. The van der Waals surface area contributed by atoms with E-state index < -0.39 is 0 Å². The molecule has 0 saturated heterocycles. The first kappa shape index (κ1) is 12.2. The monoisotopic (exact) mass is 268 g/mol. The van der Waals surface area contributed by atoms with Crippen molar-refractivity contribution in [1.82, 2.24) is 4.40 Å². The van der Waals surface area contributed by atoms with Gasteiger partial charge in [0.1, 0.15) is 4.83 Å². The van der Waals surface area contributed by atoms with Gasteiger partial charge in [-0.3, -0.25) is 9.20 Å². The van der Waals surface area contributed by atoms with E-state index >= 15 is 0 Å². The van der Waals surface area contributed by atoms with Crippen molar-refractivity contribution in [3.63, 3.8) is 0 Å². The van der Waals surface area contributed by atoms with E-state index in [1.165, 1.54) is 0 Å². The summed E-state index contributed by atoms with van der Waals surface area (Å²) in [6.45, 7) is 3.94. The lowest BCUT2D eigenvalue weighted by atomic mass is 10.00. The van der Waals surface area contributed by atoms with E-state index in [2.05, 4.69) is 6.07 Å². The fourth-order valence-electron chi connectivity index (χ4n) is 2.35. The van der Waals surface area contributed by atoms with Crippen molar-refractivity contribution in [1.29, 1.82) is 0 Å². The molecule has 0 aliphatic carbocycles. The largest absolute Gasteiger partial charge is 0.271 e. The van der Waals surface area contributed by atoms with Crippen LogP contribution >= 0.6 is 11.3 Å². The van der Waals surface area contributed by atoms with Gasteiger partial charge in [-0.2, -0.15) is 0 Å². The molecule has 0 aliphatic rings. The summed E-state index contributed by atoms with van der Waals surface area (Å²) in [6.07, 6.45) is 2.00. The third kappa shape index (κ3) is 1.90. The fraction of sp³-hybridized carbons (Fsp3) is 0.125. The van der Waals surface area contributed by atoms with E-state index in [-0.39, 0.29) is 5.56 Å². The van der Waals surface area contributed by atoms with E-state index in [1.54, 1.807) is 15.7 Å². The highest BCUT2D eigenvalue weighted by Gasteiger charge is 2.13. The topological polar surface area (TPSA) is 21.5 Å². The molecule has 0 bridgehead atoms. The standard InChI is InChI=1S/C16H14NOS/c1-3-12-9-14-17(11(2)10-19-14)16(18)15(12)13-7-5-4-6-8-13/h3-10H,1-2H3. The number of pyridine rings is 1. The molecule has 3 heteroatoms. The lowest BCUT2D eigenvalue weighted by Crippen LogP contribution is -2.17. The molecule has 0 atom stereocenters. The summed E-state index contributed by atoms with van der Waals surface area (Å²) in [4.78, 5) is 13.7. The molecule has 0 amide bonds. The summed E-state index contributed by atoms with van der Waals surface area (Å²) in [7, 11) is 0. The van der Waals surface area contributed by atoms with Gasteiger partial charge in [-0.25, -0.2) is 0 Å². The molecular weight excluding hydrogens is 254 g/mol. The molecule has 19 heavy (non-hydrogen) atoms. The Bertz CT molecular complexity index is 784. The Balaban J connectivity index is 2.43. The first-order valence-electron chi connectivity index (χ1n) is 6.21. The van der Waals surface area contributed by atoms with Crippen molar-refractivity contribution < 1.29 is 0 Å². The summed E-state index contributed by atoms with van der Waals surface area (Å²) in [5, 5.41) is 2.02. The van der Waals surface area contributed by atoms with E-state index in [4.69, 9.17) is 0 Å². The van der Waals surface area contributed by atoms with Gasteiger partial charge >= 0.3 is 0 Å². The van der Waals surface area contributed by atoms with Crippen molar-refractivity contribution in [3.8, 4) is 11.1 Å². The number of nitrogens with zero attached hydrogens (tertiary/aromatic N) is 1. The number of aromatic nitrogens is 1. The van der Waals surface area contributed by atoms with E-state index in [1.807, 2.05) is 56.0 Å². The molecule has 2 heterocycles. The number of hydrogen-bond donors (Lipinski definition) is 0. The van der Waals surface area contributed by atoms with Gasteiger partial charge in [-0.05, 0) is 30.5 Å². The second-order valence-corrected chi connectivity index (χ2v) is 5.37. The van der Waals surface area contributed by atoms with Crippen LogP contribution in [0.1, 0.15) is 18.2 Å². The van der Waals surface area contributed by atoms with Crippen LogP contribution < -0.4 is 5.56 Å². The van der Waals surface area contributed by atoms with Crippen LogP contribution in [0, 0.1) is 13.3 Å². The zero-order valence-corrected chi connectivity index (χ0v) is 11.7. The molecule has 2 aromatic heterocycles. The Morgan fingerprint density at radius 2 is 1.95 bits per heavy atom. The van der Waals surface area contributed by atoms with Gasteiger partial charge in [0.25, 0.3) is 5.56 Å². The molecule has 0 saturated carbocycles. The van der Waals surface area contributed by atoms with E-state index in [9.17, 15) is 4.79 Å². The van der Waals surface area contributed by atoms with Gasteiger partial charge in [0.2, 0.25) is 0 Å². The lowest BCUT2D eigenvalue weighted by Gasteiger charge is -2.08. The third-order valence-electron chi connectivity index (χ3n) is 3.28. The van der Waals surface area contributed by atoms with Gasteiger partial charge in [0.15, 0.2) is 0 Å². The van der Waals surface area contributed by atoms with Crippen LogP contribution in [0.4, 0.5) is 0 Å². The third-order valence-corrected chi connectivity index (χ3v) is 4.28. The summed E-state index contributed by atoms with van der Waals surface area (Å²) in [6, 6.07) is 11.9. The van der Waals surface area contributed by atoms with E-state index in [0.29, 0.717) is 0 Å². The van der Waals surface area contributed by atoms with Crippen LogP contribution in [0.25, 0.3) is 16.0 Å². The minimum Gasteiger partial charge on any atom is -0.271 e. The van der Waals surface area contributed by atoms with Gasteiger partial charge in [-0.1, -0.05) is 37.3 Å². The Kier molecular flexibility index (Phi) is 2.99. The molecule has 1 aromatic carbocycles. The minimum atomic E-state index is 0.0653. The molecule has 0 aliphatic heterocycles. The number of thiazole rings is 1. The highest BCUT2D eigenvalue weighted by molar-refractivity contribution is 7.15. The zero-order chi connectivity index (χ0) is 13.4. The average molecular weight is 268 g/mol. The maximum Gasteiger partial charge on any atom is 0.264 e. The average Bonchev–Trinajstić information content (AvgIpc) is 2.81. The summed E-state index contributed by atoms with van der Waals surface area (Å²) >= 11 is 1.60. The molecule has 0 fully saturated rings. The van der Waals surface area contributed by atoms with Crippen molar-refractivity contribution in [2.75, 3.05) is 0 Å². The minimum absolute atomic E-state index is 0.0653. The van der Waals surface area contributed by atoms with Crippen molar-refractivity contribution in [3.05, 3.63) is 69.8 Å². The van der Waals surface area contributed by atoms with Crippen molar-refractivity contribution >= 4 is 16.2 Å². The molecule has 0 unspecified atom stereocenters. The molecule has 0 N–H and O–H groups in total. The predicted octanol–water partition coefficient (Wildman–Crippen LogP) is 3.91. The van der Waals surface area contributed by atoms with Gasteiger partial charge in [0, 0.05) is 11.1 Å². The predicted molar refractivity (Wildman–Crippen MR) is 80.8 cm³/mol. The molecule has 3 aromatic rings. The first-order valence-corrected chi connectivity index (χ1v) is 7.09. The lowest BCUT2D eigenvalue weighted by molar-refractivity contribution is 1.05. The number of benzene rings is 1. The number of hydrogen-bond acceptors (Lipinski definition) is 2. The Morgan fingerprint density at radius 1 is 1.21 bits per heavy atom. The number of rotatable bonds is 2. The van der Waals surface area contributed by atoms with Crippen LogP contribution in [0.15, 0.2) is 46.6 Å². The van der Waals surface area contributed by atoms with Crippen LogP contribution in [-0.4, -0.2) is 4.40 Å². The van der Waals surface area contributed by atoms with Crippen molar-refractivity contribution in [2.24, 2.45) is 0 Å². The Hall–Kier alpha value is -1.87. The SMILES string of the molecule is C[CH]c1cc2scc(C)n2c(=O)c1-c1ccccc1. The van der Waals surface area contributed by atoms with Gasteiger partial charge in [-0.15, -0.1) is 11.3 Å². The maximum atomic E-state index is 12.7. The molecule has 95 valence electrons. The van der Waals surface area contributed by atoms with Gasteiger partial charge < -0.3 is 0 Å². The number of fused-ring (bicyclic) bond motifs is 1. The van der Waals surface area contributed by atoms with E-state index in [0.717, 1.165) is 27.2 Å². The van der Waals surface area contributed by atoms with Crippen LogP contribution in [0.3, 0.4) is 0 Å². The Labute approximate surface area is 116 Å². The molecule has 3 rings (SSSR count). The van der Waals surface area contributed by atoms with Crippen LogP contribution in [-0.2, 0) is 0 Å². The first-order chi connectivity index (χ1) is 9.22. The smallest absolute Gasteiger partial charge is 0.264 e. The highest BCUT2D eigenvalue weighted by Crippen LogP contribution is 2.25. The second kappa shape index (κ2) is 4.67. The molecule has 1 radical (unpaired) electrons. The van der Waals surface area contributed by atoms with Crippen LogP contribution in [0.5, 0.6) is 0 Å². The zero-order valence-electron chi connectivity index (χ0n) is 10.9. The van der Waals surface area contributed by atoms with Crippen LogP contribution in [0.2, 0.25) is 0 Å². The quantitative estimate of drug-likeness (QED) is 0.690. The fourth-order valence-corrected chi connectivity index (χ4v) is 3.27. The molecule has 0 spiro atoms. The summed E-state index contributed by atoms with van der Waals surface area (Å²) in [5.74, 6) is 0. The van der Waals surface area contributed by atoms with Crippen molar-refractivity contribution in [2.45, 2.75) is 13.8 Å². The molecule has 2 nitrogen and oxygen atoms in total. The highest BCUT2D eigenvalue weighted by atomic mass is 32.1. The maximum absolute atomic E-state index is 12.7.